The monoisotopic (exact) mass is 342 g/mol. The molecule has 1 heterocycles. The number of amides is 1. The van der Waals surface area contributed by atoms with E-state index < -0.39 is 0 Å². The van der Waals surface area contributed by atoms with E-state index in [1.807, 2.05) is 37.1 Å². The van der Waals surface area contributed by atoms with Gasteiger partial charge >= 0.3 is 0 Å². The number of hydrogen-bond donors (Lipinski definition) is 2. The fourth-order valence-electron chi connectivity index (χ4n) is 3.35. The summed E-state index contributed by atoms with van der Waals surface area (Å²) in [5.41, 5.74) is 0.530. The second kappa shape index (κ2) is 7.78. The standard InChI is InChI=1S/C19H26N4O2/c1-13(18(24)20-14-8-4-3-5-9-14)23(2)12-17-21-16-11-7-6-10-15(16)19(25)22-17/h6-7,10-11,13-14H,3-5,8-9,12H2,1-2H3,(H,20,24)(H,21,22,25)/t13-/m0/s1. The van der Waals surface area contributed by atoms with Gasteiger partial charge in [0.15, 0.2) is 0 Å². The second-order valence-corrected chi connectivity index (χ2v) is 6.96. The van der Waals surface area contributed by atoms with Gasteiger partial charge < -0.3 is 10.3 Å². The molecular weight excluding hydrogens is 316 g/mol. The molecule has 1 fully saturated rings. The molecule has 134 valence electrons. The molecule has 1 aliphatic rings. The summed E-state index contributed by atoms with van der Waals surface area (Å²) >= 11 is 0. The third-order valence-corrected chi connectivity index (χ3v) is 5.05. The first-order chi connectivity index (χ1) is 12.0. The zero-order valence-corrected chi connectivity index (χ0v) is 14.9. The molecule has 1 saturated carbocycles. The number of nitrogens with one attached hydrogen (secondary N) is 2. The molecule has 6 heteroatoms. The highest BCUT2D eigenvalue weighted by Crippen LogP contribution is 2.17. The van der Waals surface area contributed by atoms with Gasteiger partial charge in [-0.2, -0.15) is 0 Å². The maximum Gasteiger partial charge on any atom is 0.258 e. The van der Waals surface area contributed by atoms with Crippen LogP contribution >= 0.6 is 0 Å². The number of carbonyl (C=O) groups excluding carboxylic acids is 1. The molecule has 0 unspecified atom stereocenters. The highest BCUT2D eigenvalue weighted by atomic mass is 16.2. The van der Waals surface area contributed by atoms with Crippen molar-refractivity contribution in [3.63, 3.8) is 0 Å². The molecule has 2 N–H and O–H groups in total. The first kappa shape index (κ1) is 17.6. The molecule has 2 aromatic rings. The van der Waals surface area contributed by atoms with E-state index >= 15 is 0 Å². The number of carbonyl (C=O) groups is 1. The minimum atomic E-state index is -0.279. The molecule has 1 aromatic carbocycles. The summed E-state index contributed by atoms with van der Waals surface area (Å²) in [5.74, 6) is 0.612. The number of benzene rings is 1. The zero-order valence-electron chi connectivity index (χ0n) is 14.9. The predicted molar refractivity (Wildman–Crippen MR) is 98.3 cm³/mol. The molecular formula is C19H26N4O2. The van der Waals surface area contributed by atoms with Crippen LogP contribution in [0.1, 0.15) is 44.9 Å². The van der Waals surface area contributed by atoms with E-state index in [9.17, 15) is 9.59 Å². The molecule has 0 spiro atoms. The van der Waals surface area contributed by atoms with E-state index in [1.165, 1.54) is 19.3 Å². The quantitative estimate of drug-likeness (QED) is 0.873. The highest BCUT2D eigenvalue weighted by molar-refractivity contribution is 5.81. The van der Waals surface area contributed by atoms with Crippen LogP contribution < -0.4 is 10.9 Å². The van der Waals surface area contributed by atoms with Gasteiger partial charge in [-0.05, 0) is 38.9 Å². The average molecular weight is 342 g/mol. The van der Waals surface area contributed by atoms with Gasteiger partial charge in [0.1, 0.15) is 5.82 Å². The van der Waals surface area contributed by atoms with Gasteiger partial charge in [0.2, 0.25) is 5.91 Å². The summed E-state index contributed by atoms with van der Waals surface area (Å²) in [6.45, 7) is 2.30. The lowest BCUT2D eigenvalue weighted by Gasteiger charge is -2.28. The largest absolute Gasteiger partial charge is 0.352 e. The zero-order chi connectivity index (χ0) is 17.8. The predicted octanol–water partition coefficient (Wildman–Crippen LogP) is 2.19. The van der Waals surface area contributed by atoms with Crippen LogP contribution in [0.15, 0.2) is 29.1 Å². The summed E-state index contributed by atoms with van der Waals surface area (Å²) in [6, 6.07) is 7.29. The number of H-pyrrole nitrogens is 1. The van der Waals surface area contributed by atoms with Gasteiger partial charge in [0, 0.05) is 6.04 Å². The van der Waals surface area contributed by atoms with Crippen LogP contribution in [0.4, 0.5) is 0 Å². The Hall–Kier alpha value is -2.21. The van der Waals surface area contributed by atoms with Crippen LogP contribution in [-0.4, -0.2) is 39.9 Å². The van der Waals surface area contributed by atoms with Crippen molar-refractivity contribution in [3.8, 4) is 0 Å². The molecule has 0 aliphatic heterocycles. The Labute approximate surface area is 147 Å². The van der Waals surface area contributed by atoms with Crippen molar-refractivity contribution in [2.45, 2.75) is 57.7 Å². The molecule has 3 rings (SSSR count). The molecule has 25 heavy (non-hydrogen) atoms. The molecule has 0 bridgehead atoms. The molecule has 0 saturated heterocycles. The first-order valence-electron chi connectivity index (χ1n) is 9.03. The number of rotatable bonds is 5. The summed E-state index contributed by atoms with van der Waals surface area (Å²) in [7, 11) is 1.88. The minimum absolute atomic E-state index is 0.0394. The highest BCUT2D eigenvalue weighted by Gasteiger charge is 2.22. The van der Waals surface area contributed by atoms with E-state index in [2.05, 4.69) is 15.3 Å². The first-order valence-corrected chi connectivity index (χ1v) is 9.03. The molecule has 1 aliphatic carbocycles. The van der Waals surface area contributed by atoms with Crippen molar-refractivity contribution >= 4 is 16.8 Å². The van der Waals surface area contributed by atoms with E-state index in [-0.39, 0.29) is 17.5 Å². The van der Waals surface area contributed by atoms with Crippen LogP contribution in [0.25, 0.3) is 10.9 Å². The SMILES string of the molecule is C[C@@H](C(=O)NC1CCCCC1)N(C)Cc1nc2ccccc2c(=O)[nH]1. The number of para-hydroxylation sites is 1. The van der Waals surface area contributed by atoms with Crippen LogP contribution in [0.2, 0.25) is 0 Å². The topological polar surface area (TPSA) is 78.1 Å². The Bertz CT molecular complexity index is 795. The van der Waals surface area contributed by atoms with Crippen molar-refractivity contribution in [3.05, 3.63) is 40.4 Å². The smallest absolute Gasteiger partial charge is 0.258 e. The lowest BCUT2D eigenvalue weighted by Crippen LogP contribution is -2.47. The molecule has 6 nitrogen and oxygen atoms in total. The lowest BCUT2D eigenvalue weighted by molar-refractivity contribution is -0.126. The number of nitrogens with zero attached hydrogens (tertiary/aromatic N) is 2. The Morgan fingerprint density at radius 3 is 2.80 bits per heavy atom. The van der Waals surface area contributed by atoms with Gasteiger partial charge in [-0.15, -0.1) is 0 Å². The molecule has 0 radical (unpaired) electrons. The Morgan fingerprint density at radius 2 is 2.04 bits per heavy atom. The average Bonchev–Trinajstić information content (AvgIpc) is 2.62. The fourth-order valence-corrected chi connectivity index (χ4v) is 3.35. The van der Waals surface area contributed by atoms with Gasteiger partial charge in [0.25, 0.3) is 5.56 Å². The van der Waals surface area contributed by atoms with Crippen LogP contribution in [-0.2, 0) is 11.3 Å². The minimum Gasteiger partial charge on any atom is -0.352 e. The van der Waals surface area contributed by atoms with Gasteiger partial charge in [-0.3, -0.25) is 14.5 Å². The van der Waals surface area contributed by atoms with Crippen molar-refractivity contribution in [2.75, 3.05) is 7.05 Å². The lowest BCUT2D eigenvalue weighted by atomic mass is 9.95. The molecule has 1 amide bonds. The normalized spacial score (nSPS) is 16.9. The van der Waals surface area contributed by atoms with E-state index in [0.29, 0.717) is 29.3 Å². The molecule has 1 aromatic heterocycles. The number of fused-ring (bicyclic) bond motifs is 1. The second-order valence-electron chi connectivity index (χ2n) is 6.96. The van der Waals surface area contributed by atoms with Crippen LogP contribution in [0.3, 0.4) is 0 Å². The molecule has 1 atom stereocenters. The Balaban J connectivity index is 1.65. The third-order valence-electron chi connectivity index (χ3n) is 5.05. The van der Waals surface area contributed by atoms with Crippen LogP contribution in [0, 0.1) is 0 Å². The van der Waals surface area contributed by atoms with Crippen LogP contribution in [0.5, 0.6) is 0 Å². The summed E-state index contributed by atoms with van der Waals surface area (Å²) in [5, 5.41) is 3.73. The van der Waals surface area contributed by atoms with Gasteiger partial charge in [-0.25, -0.2) is 4.98 Å². The summed E-state index contributed by atoms with van der Waals surface area (Å²) < 4.78 is 0. The Kier molecular flexibility index (Phi) is 5.48. The summed E-state index contributed by atoms with van der Waals surface area (Å²) in [4.78, 5) is 33.9. The maximum atomic E-state index is 12.5. The maximum absolute atomic E-state index is 12.5. The number of aromatic nitrogens is 2. The van der Waals surface area contributed by atoms with Crippen molar-refractivity contribution < 1.29 is 4.79 Å². The Morgan fingerprint density at radius 1 is 1.32 bits per heavy atom. The van der Waals surface area contributed by atoms with Gasteiger partial charge in [0.05, 0.1) is 23.5 Å². The number of likely N-dealkylation sites (N-methyl/N-ethyl adjacent to an activating group) is 1. The van der Waals surface area contributed by atoms with Crippen molar-refractivity contribution in [1.82, 2.24) is 20.2 Å². The van der Waals surface area contributed by atoms with Gasteiger partial charge in [-0.1, -0.05) is 31.4 Å². The van der Waals surface area contributed by atoms with E-state index in [1.54, 1.807) is 6.07 Å². The van der Waals surface area contributed by atoms with Crippen molar-refractivity contribution in [1.29, 1.82) is 0 Å². The number of hydrogen-bond acceptors (Lipinski definition) is 4. The van der Waals surface area contributed by atoms with E-state index in [0.717, 1.165) is 12.8 Å². The van der Waals surface area contributed by atoms with Crippen molar-refractivity contribution in [2.24, 2.45) is 0 Å². The fraction of sp³-hybridized carbons (Fsp3) is 0.526. The third kappa shape index (κ3) is 4.25. The number of aromatic amines is 1. The van der Waals surface area contributed by atoms with E-state index in [4.69, 9.17) is 0 Å². The summed E-state index contributed by atoms with van der Waals surface area (Å²) in [6.07, 6.45) is 5.79.